The number of hydrogen-bond acceptors (Lipinski definition) is 1. The van der Waals surface area contributed by atoms with Gasteiger partial charge in [0.05, 0.1) is 5.41 Å². The average Bonchev–Trinajstić information content (AvgIpc) is 2.81. The molecule has 17 heavy (non-hydrogen) atoms. The highest BCUT2D eigenvalue weighted by Gasteiger charge is 2.54. The van der Waals surface area contributed by atoms with E-state index in [4.69, 9.17) is 5.11 Å². The van der Waals surface area contributed by atoms with Gasteiger partial charge in [-0.05, 0) is 18.4 Å². The molecule has 1 aliphatic rings. The molecule has 1 aromatic rings. The molecule has 1 aliphatic carbocycles. The van der Waals surface area contributed by atoms with E-state index in [2.05, 4.69) is 0 Å². The molecule has 3 heteroatoms. The van der Waals surface area contributed by atoms with Crippen LogP contribution in [0.2, 0.25) is 0 Å². The number of alkyl halides is 2. The summed E-state index contributed by atoms with van der Waals surface area (Å²) in [5, 5.41) is 8.84. The van der Waals surface area contributed by atoms with E-state index >= 15 is 0 Å². The smallest absolute Gasteiger partial charge is 0.259 e. The van der Waals surface area contributed by atoms with Crippen molar-refractivity contribution in [2.75, 3.05) is 6.61 Å². The van der Waals surface area contributed by atoms with Gasteiger partial charge in [0.1, 0.15) is 0 Å². The summed E-state index contributed by atoms with van der Waals surface area (Å²) in [4.78, 5) is 0. The van der Waals surface area contributed by atoms with Gasteiger partial charge < -0.3 is 5.11 Å². The number of benzene rings is 1. The maximum absolute atomic E-state index is 14.3. The molecule has 0 amide bonds. The van der Waals surface area contributed by atoms with Crippen molar-refractivity contribution < 1.29 is 13.9 Å². The summed E-state index contributed by atoms with van der Waals surface area (Å²) in [5.41, 5.74) is -0.340. The number of halogens is 2. The number of aliphatic hydroxyl groups excluding tert-OH is 1. The standard InChI is InChI=1S/C14H18F2O/c15-14(16,10-11-17)13(8-4-5-9-13)12-6-2-1-3-7-12/h1-3,6-7,17H,4-5,8-11H2. The van der Waals surface area contributed by atoms with Gasteiger partial charge >= 0.3 is 0 Å². The third-order valence-corrected chi connectivity index (χ3v) is 3.91. The Labute approximate surface area is 100 Å². The van der Waals surface area contributed by atoms with E-state index in [-0.39, 0.29) is 0 Å². The Morgan fingerprint density at radius 2 is 1.71 bits per heavy atom. The van der Waals surface area contributed by atoms with Gasteiger partial charge in [0, 0.05) is 13.0 Å². The maximum Gasteiger partial charge on any atom is 0.259 e. The van der Waals surface area contributed by atoms with Crippen LogP contribution in [0.3, 0.4) is 0 Å². The van der Waals surface area contributed by atoms with E-state index in [0.717, 1.165) is 18.4 Å². The zero-order valence-corrected chi connectivity index (χ0v) is 9.83. The molecular formula is C14H18F2O. The highest BCUT2D eigenvalue weighted by atomic mass is 19.3. The highest BCUT2D eigenvalue weighted by Crippen LogP contribution is 2.52. The average molecular weight is 240 g/mol. The molecule has 2 rings (SSSR count). The van der Waals surface area contributed by atoms with Crippen molar-refractivity contribution in [3.63, 3.8) is 0 Å². The summed E-state index contributed by atoms with van der Waals surface area (Å²) in [6, 6.07) is 9.04. The maximum atomic E-state index is 14.3. The van der Waals surface area contributed by atoms with E-state index in [1.165, 1.54) is 0 Å². The van der Waals surface area contributed by atoms with Crippen LogP contribution in [0.4, 0.5) is 8.78 Å². The van der Waals surface area contributed by atoms with E-state index in [0.29, 0.717) is 12.8 Å². The molecule has 1 aromatic carbocycles. The number of aliphatic hydroxyl groups is 1. The fourth-order valence-electron chi connectivity index (χ4n) is 2.98. The predicted octanol–water partition coefficient (Wildman–Crippen LogP) is 3.52. The van der Waals surface area contributed by atoms with E-state index in [1.54, 1.807) is 12.1 Å². The zero-order valence-electron chi connectivity index (χ0n) is 9.83. The first kappa shape index (κ1) is 12.5. The van der Waals surface area contributed by atoms with Crippen molar-refractivity contribution >= 4 is 0 Å². The van der Waals surface area contributed by atoms with Crippen LogP contribution < -0.4 is 0 Å². The third kappa shape index (κ3) is 2.08. The molecule has 1 N–H and O–H groups in total. The molecule has 1 fully saturated rings. The van der Waals surface area contributed by atoms with Crippen molar-refractivity contribution in [1.29, 1.82) is 0 Å². The van der Waals surface area contributed by atoms with Crippen molar-refractivity contribution in [2.24, 2.45) is 0 Å². The van der Waals surface area contributed by atoms with Gasteiger partial charge in [0.25, 0.3) is 5.92 Å². The lowest BCUT2D eigenvalue weighted by Crippen LogP contribution is -2.43. The topological polar surface area (TPSA) is 20.2 Å². The minimum Gasteiger partial charge on any atom is -0.396 e. The minimum absolute atomic E-state index is 0.443. The molecular weight excluding hydrogens is 222 g/mol. The minimum atomic E-state index is -2.82. The van der Waals surface area contributed by atoms with Gasteiger partial charge in [-0.1, -0.05) is 43.2 Å². The van der Waals surface area contributed by atoms with Gasteiger partial charge in [-0.15, -0.1) is 0 Å². The summed E-state index contributed by atoms with van der Waals surface area (Å²) < 4.78 is 28.6. The molecule has 0 saturated heterocycles. The Hall–Kier alpha value is -0.960. The molecule has 0 heterocycles. The number of rotatable bonds is 4. The lowest BCUT2D eigenvalue weighted by atomic mass is 9.72. The first-order chi connectivity index (χ1) is 8.12. The summed E-state index contributed by atoms with van der Waals surface area (Å²) >= 11 is 0. The molecule has 0 spiro atoms. The Morgan fingerprint density at radius 1 is 1.12 bits per heavy atom. The summed E-state index contributed by atoms with van der Waals surface area (Å²) in [6.45, 7) is -0.457. The molecule has 0 aromatic heterocycles. The second-order valence-electron chi connectivity index (χ2n) is 4.83. The molecule has 0 atom stereocenters. The Bertz CT molecular complexity index is 356. The number of hydrogen-bond donors (Lipinski definition) is 1. The van der Waals surface area contributed by atoms with E-state index in [1.807, 2.05) is 18.2 Å². The van der Waals surface area contributed by atoms with Crippen molar-refractivity contribution in [3.8, 4) is 0 Å². The van der Waals surface area contributed by atoms with Crippen molar-refractivity contribution in [2.45, 2.75) is 43.4 Å². The van der Waals surface area contributed by atoms with Gasteiger partial charge in [-0.25, -0.2) is 8.78 Å². The van der Waals surface area contributed by atoms with Crippen LogP contribution in [-0.2, 0) is 5.41 Å². The molecule has 0 unspecified atom stereocenters. The van der Waals surface area contributed by atoms with Crippen LogP contribution in [0.25, 0.3) is 0 Å². The van der Waals surface area contributed by atoms with E-state index < -0.39 is 24.4 Å². The quantitative estimate of drug-likeness (QED) is 0.853. The van der Waals surface area contributed by atoms with Crippen molar-refractivity contribution in [3.05, 3.63) is 35.9 Å². The second kappa shape index (κ2) is 4.73. The largest absolute Gasteiger partial charge is 0.396 e. The normalized spacial score (nSPS) is 19.5. The van der Waals surface area contributed by atoms with Crippen LogP contribution in [-0.4, -0.2) is 17.6 Å². The van der Waals surface area contributed by atoms with Crippen LogP contribution >= 0.6 is 0 Å². The summed E-state index contributed by atoms with van der Waals surface area (Å²) in [5.74, 6) is -2.82. The lowest BCUT2D eigenvalue weighted by molar-refractivity contribution is -0.0928. The first-order valence-electron chi connectivity index (χ1n) is 6.17. The Morgan fingerprint density at radius 3 is 2.24 bits per heavy atom. The highest BCUT2D eigenvalue weighted by molar-refractivity contribution is 5.30. The predicted molar refractivity (Wildman–Crippen MR) is 63.2 cm³/mol. The summed E-state index contributed by atoms with van der Waals surface area (Å²) in [6.07, 6.45) is 2.28. The molecule has 1 saturated carbocycles. The fourth-order valence-corrected chi connectivity index (χ4v) is 2.98. The monoisotopic (exact) mass is 240 g/mol. The van der Waals surface area contributed by atoms with Gasteiger partial charge in [-0.2, -0.15) is 0 Å². The third-order valence-electron chi connectivity index (χ3n) is 3.91. The second-order valence-corrected chi connectivity index (χ2v) is 4.83. The van der Waals surface area contributed by atoms with Crippen LogP contribution in [0.1, 0.15) is 37.7 Å². The fraction of sp³-hybridized carbons (Fsp3) is 0.571. The van der Waals surface area contributed by atoms with Gasteiger partial charge in [0.2, 0.25) is 0 Å². The lowest BCUT2D eigenvalue weighted by Gasteiger charge is -2.37. The molecule has 0 aliphatic heterocycles. The van der Waals surface area contributed by atoms with E-state index in [9.17, 15) is 8.78 Å². The molecule has 0 bridgehead atoms. The Balaban J connectivity index is 2.40. The van der Waals surface area contributed by atoms with Crippen molar-refractivity contribution in [1.82, 2.24) is 0 Å². The Kier molecular flexibility index (Phi) is 3.48. The van der Waals surface area contributed by atoms with Crippen LogP contribution in [0.15, 0.2) is 30.3 Å². The SMILES string of the molecule is OCCC(F)(F)C1(c2ccccc2)CCCC1. The van der Waals surface area contributed by atoms with Gasteiger partial charge in [-0.3, -0.25) is 0 Å². The first-order valence-corrected chi connectivity index (χ1v) is 6.17. The van der Waals surface area contributed by atoms with Crippen LogP contribution in [0, 0.1) is 0 Å². The van der Waals surface area contributed by atoms with Gasteiger partial charge in [0.15, 0.2) is 0 Å². The summed E-state index contributed by atoms with van der Waals surface area (Å²) in [7, 11) is 0. The molecule has 0 radical (unpaired) electrons. The zero-order chi connectivity index (χ0) is 12.4. The van der Waals surface area contributed by atoms with Crippen LogP contribution in [0.5, 0.6) is 0 Å². The molecule has 1 nitrogen and oxygen atoms in total. The molecule has 94 valence electrons.